The summed E-state index contributed by atoms with van der Waals surface area (Å²) in [6.07, 6.45) is 8.80. The molecule has 2 nitrogen and oxygen atoms in total. The molecule has 1 aromatic heterocycles. The maximum absolute atomic E-state index is 5.21. The smallest absolute Gasteiger partial charge is 0.175 e. The molecular formula is C17H20N2S. The van der Waals surface area contributed by atoms with Crippen molar-refractivity contribution < 1.29 is 0 Å². The third-order valence-corrected chi connectivity index (χ3v) is 6.37. The number of fused-ring (bicyclic) bond motifs is 1. The molecule has 4 saturated carbocycles. The Hall–Kier alpha value is -1.09. The highest BCUT2D eigenvalue weighted by atomic mass is 32.1. The first-order chi connectivity index (χ1) is 9.70. The number of benzene rings is 1. The van der Waals surface area contributed by atoms with E-state index in [0.29, 0.717) is 5.41 Å². The Morgan fingerprint density at radius 2 is 1.50 bits per heavy atom. The fourth-order valence-electron chi connectivity index (χ4n) is 5.83. The standard InChI is InChI=1S/C17H20N2S/c20-16-18-14-2-1-13(6-15(14)19-16)17-7-10-3-11(8-17)5-12(4-10)9-17/h1-2,6,10-12H,3-5,7-9H2,(H2,18,19,20). The molecule has 0 amide bonds. The molecule has 4 aliphatic carbocycles. The van der Waals surface area contributed by atoms with Crippen molar-refractivity contribution in [2.45, 2.75) is 43.9 Å². The van der Waals surface area contributed by atoms with Gasteiger partial charge in [-0.2, -0.15) is 0 Å². The van der Waals surface area contributed by atoms with Gasteiger partial charge in [-0.25, -0.2) is 0 Å². The number of aromatic nitrogens is 2. The summed E-state index contributed by atoms with van der Waals surface area (Å²) in [7, 11) is 0. The second-order valence-corrected chi connectivity index (χ2v) is 7.95. The van der Waals surface area contributed by atoms with Crippen LogP contribution in [0, 0.1) is 22.5 Å². The van der Waals surface area contributed by atoms with Gasteiger partial charge in [0.15, 0.2) is 4.77 Å². The quantitative estimate of drug-likeness (QED) is 0.731. The lowest BCUT2D eigenvalue weighted by Gasteiger charge is -2.57. The lowest BCUT2D eigenvalue weighted by Crippen LogP contribution is -2.48. The highest BCUT2D eigenvalue weighted by Gasteiger charge is 2.51. The molecule has 6 rings (SSSR count). The Morgan fingerprint density at radius 1 is 0.900 bits per heavy atom. The summed E-state index contributed by atoms with van der Waals surface area (Å²) in [5.74, 6) is 3.00. The minimum absolute atomic E-state index is 0.482. The zero-order valence-corrected chi connectivity index (χ0v) is 12.4. The van der Waals surface area contributed by atoms with Gasteiger partial charge in [-0.15, -0.1) is 0 Å². The van der Waals surface area contributed by atoms with E-state index in [0.717, 1.165) is 28.0 Å². The molecule has 4 aliphatic rings. The summed E-state index contributed by atoms with van der Waals surface area (Å²) >= 11 is 5.21. The maximum atomic E-state index is 5.21. The van der Waals surface area contributed by atoms with Crippen molar-refractivity contribution in [3.63, 3.8) is 0 Å². The normalized spacial score (nSPS) is 38.7. The number of hydrogen-bond acceptors (Lipinski definition) is 1. The number of rotatable bonds is 1. The number of hydrogen-bond donors (Lipinski definition) is 2. The van der Waals surface area contributed by atoms with E-state index in [1.807, 2.05) is 0 Å². The molecule has 0 aliphatic heterocycles. The van der Waals surface area contributed by atoms with Crippen LogP contribution in [0.4, 0.5) is 0 Å². The van der Waals surface area contributed by atoms with Crippen molar-refractivity contribution in [2.75, 3.05) is 0 Å². The molecule has 0 saturated heterocycles. The summed E-state index contributed by atoms with van der Waals surface area (Å²) in [5.41, 5.74) is 4.37. The molecule has 0 radical (unpaired) electrons. The Balaban J connectivity index is 1.65. The van der Waals surface area contributed by atoms with Gasteiger partial charge in [0, 0.05) is 0 Å². The Labute approximate surface area is 124 Å². The summed E-state index contributed by atoms with van der Waals surface area (Å²) in [6.45, 7) is 0. The monoisotopic (exact) mass is 284 g/mol. The average Bonchev–Trinajstić information content (AvgIpc) is 2.76. The Bertz CT molecular complexity index is 703. The van der Waals surface area contributed by atoms with Gasteiger partial charge in [-0.3, -0.25) is 0 Å². The Morgan fingerprint density at radius 3 is 2.15 bits per heavy atom. The lowest BCUT2D eigenvalue weighted by atomic mass is 9.48. The van der Waals surface area contributed by atoms with E-state index in [-0.39, 0.29) is 0 Å². The minimum Gasteiger partial charge on any atom is -0.331 e. The summed E-state index contributed by atoms with van der Waals surface area (Å²) in [4.78, 5) is 6.51. The third kappa shape index (κ3) is 1.53. The number of aromatic amines is 2. The van der Waals surface area contributed by atoms with Crippen LogP contribution in [0.5, 0.6) is 0 Å². The summed E-state index contributed by atoms with van der Waals surface area (Å²) in [6, 6.07) is 6.94. The zero-order chi connectivity index (χ0) is 13.3. The molecule has 104 valence electrons. The van der Waals surface area contributed by atoms with Crippen LogP contribution in [0.1, 0.15) is 44.1 Å². The first kappa shape index (κ1) is 11.6. The molecule has 1 heterocycles. The topological polar surface area (TPSA) is 31.6 Å². The van der Waals surface area contributed by atoms with Gasteiger partial charge in [0.25, 0.3) is 0 Å². The van der Waals surface area contributed by atoms with Gasteiger partial charge < -0.3 is 9.97 Å². The van der Waals surface area contributed by atoms with E-state index in [1.165, 1.54) is 44.0 Å². The summed E-state index contributed by atoms with van der Waals surface area (Å²) < 4.78 is 0.739. The molecule has 4 bridgehead atoms. The summed E-state index contributed by atoms with van der Waals surface area (Å²) in [5, 5.41) is 0. The second-order valence-electron chi connectivity index (χ2n) is 7.54. The van der Waals surface area contributed by atoms with Crippen molar-refractivity contribution in [3.05, 3.63) is 28.5 Å². The van der Waals surface area contributed by atoms with Crippen LogP contribution in [0.3, 0.4) is 0 Å². The van der Waals surface area contributed by atoms with Crippen LogP contribution in [-0.2, 0) is 5.41 Å². The maximum Gasteiger partial charge on any atom is 0.175 e. The fraction of sp³-hybridized carbons (Fsp3) is 0.588. The number of H-pyrrole nitrogens is 2. The van der Waals surface area contributed by atoms with E-state index >= 15 is 0 Å². The molecular weight excluding hydrogens is 264 g/mol. The third-order valence-electron chi connectivity index (χ3n) is 6.17. The molecule has 0 atom stereocenters. The number of imidazole rings is 1. The zero-order valence-electron chi connectivity index (χ0n) is 11.6. The number of nitrogens with one attached hydrogen (secondary N) is 2. The van der Waals surface area contributed by atoms with Crippen molar-refractivity contribution in [1.29, 1.82) is 0 Å². The molecule has 4 fully saturated rings. The Kier molecular flexibility index (Phi) is 2.17. The van der Waals surface area contributed by atoms with E-state index < -0.39 is 0 Å². The molecule has 0 unspecified atom stereocenters. The largest absolute Gasteiger partial charge is 0.331 e. The fourth-order valence-corrected chi connectivity index (χ4v) is 6.05. The van der Waals surface area contributed by atoms with Gasteiger partial charge in [-0.1, -0.05) is 6.07 Å². The van der Waals surface area contributed by atoms with Crippen LogP contribution < -0.4 is 0 Å². The van der Waals surface area contributed by atoms with Gasteiger partial charge in [0.1, 0.15) is 0 Å². The SMILES string of the molecule is S=c1[nH]c2ccc(C34CC5CC(CC(C5)C3)C4)cc2[nH]1. The van der Waals surface area contributed by atoms with Crippen LogP contribution in [-0.4, -0.2) is 9.97 Å². The van der Waals surface area contributed by atoms with Crippen LogP contribution in [0.15, 0.2) is 18.2 Å². The highest BCUT2D eigenvalue weighted by molar-refractivity contribution is 7.71. The van der Waals surface area contributed by atoms with Crippen LogP contribution in [0.25, 0.3) is 11.0 Å². The molecule has 3 heteroatoms. The van der Waals surface area contributed by atoms with Crippen molar-refractivity contribution in [2.24, 2.45) is 17.8 Å². The van der Waals surface area contributed by atoms with E-state index in [4.69, 9.17) is 12.2 Å². The highest BCUT2D eigenvalue weighted by Crippen LogP contribution is 2.60. The van der Waals surface area contributed by atoms with E-state index in [1.54, 1.807) is 5.56 Å². The van der Waals surface area contributed by atoms with Crippen LogP contribution >= 0.6 is 12.2 Å². The predicted molar refractivity (Wildman–Crippen MR) is 83.3 cm³/mol. The first-order valence-electron chi connectivity index (χ1n) is 7.93. The molecule has 0 spiro atoms. The molecule has 20 heavy (non-hydrogen) atoms. The van der Waals surface area contributed by atoms with E-state index in [2.05, 4.69) is 28.2 Å². The molecule has 1 aromatic carbocycles. The van der Waals surface area contributed by atoms with Crippen LogP contribution in [0.2, 0.25) is 0 Å². The average molecular weight is 284 g/mol. The van der Waals surface area contributed by atoms with Crippen molar-refractivity contribution in [1.82, 2.24) is 9.97 Å². The van der Waals surface area contributed by atoms with Gasteiger partial charge in [0.05, 0.1) is 11.0 Å². The van der Waals surface area contributed by atoms with Crippen molar-refractivity contribution in [3.8, 4) is 0 Å². The van der Waals surface area contributed by atoms with Crippen molar-refractivity contribution >= 4 is 23.3 Å². The second kappa shape index (κ2) is 3.76. The minimum atomic E-state index is 0.482. The molecule has 2 aromatic rings. The predicted octanol–water partition coefficient (Wildman–Crippen LogP) is 4.69. The van der Waals surface area contributed by atoms with E-state index in [9.17, 15) is 0 Å². The van der Waals surface area contributed by atoms with Gasteiger partial charge in [0.2, 0.25) is 0 Å². The first-order valence-corrected chi connectivity index (χ1v) is 8.34. The molecule has 2 N–H and O–H groups in total. The van der Waals surface area contributed by atoms with Gasteiger partial charge in [-0.05, 0) is 91.6 Å². The van der Waals surface area contributed by atoms with Gasteiger partial charge >= 0.3 is 0 Å². The lowest BCUT2D eigenvalue weighted by molar-refractivity contribution is -0.00513.